The van der Waals surface area contributed by atoms with Crippen LogP contribution in [0.2, 0.25) is 0 Å². The molecule has 88 valence electrons. The maximum Gasteiger partial charge on any atom is 0.335 e. The van der Waals surface area contributed by atoms with Crippen LogP contribution in [0.4, 0.5) is 4.39 Å². The lowest BCUT2D eigenvalue weighted by Crippen LogP contribution is -2.24. The molecular formula is C12H15FO3. The highest BCUT2D eigenvalue weighted by atomic mass is 19.1. The summed E-state index contributed by atoms with van der Waals surface area (Å²) in [5.74, 6) is -1.57. The Morgan fingerprint density at radius 1 is 1.44 bits per heavy atom. The molecule has 0 aliphatic heterocycles. The molecule has 0 spiro atoms. The molecule has 0 unspecified atom stereocenters. The Labute approximate surface area is 93.5 Å². The second-order valence-corrected chi connectivity index (χ2v) is 4.49. The van der Waals surface area contributed by atoms with Crippen LogP contribution in [0.3, 0.4) is 0 Å². The smallest absolute Gasteiger partial charge is 0.335 e. The number of hydrogen-bond donors (Lipinski definition) is 2. The molecule has 0 atom stereocenters. The van der Waals surface area contributed by atoms with Crippen molar-refractivity contribution >= 4 is 5.97 Å². The highest BCUT2D eigenvalue weighted by molar-refractivity contribution is 5.89. The van der Waals surface area contributed by atoms with E-state index in [0.717, 1.165) is 0 Å². The predicted molar refractivity (Wildman–Crippen MR) is 58.2 cm³/mol. The van der Waals surface area contributed by atoms with Gasteiger partial charge in [-0.15, -0.1) is 0 Å². The van der Waals surface area contributed by atoms with E-state index in [-0.39, 0.29) is 17.7 Å². The highest BCUT2D eigenvalue weighted by Crippen LogP contribution is 2.27. The summed E-state index contributed by atoms with van der Waals surface area (Å²) in [4.78, 5) is 10.9. The number of aliphatic hydroxyl groups is 1. The van der Waals surface area contributed by atoms with Gasteiger partial charge >= 0.3 is 5.97 Å². The molecular weight excluding hydrogens is 211 g/mol. The fourth-order valence-corrected chi connectivity index (χ4v) is 1.51. The first-order chi connectivity index (χ1) is 7.29. The molecule has 0 heterocycles. The minimum absolute atomic E-state index is 0.0675. The lowest BCUT2D eigenvalue weighted by atomic mass is 9.83. The number of carboxylic acids is 1. The molecule has 0 saturated carbocycles. The summed E-state index contributed by atoms with van der Waals surface area (Å²) in [7, 11) is 0. The molecule has 0 radical (unpaired) electrons. The summed E-state index contributed by atoms with van der Waals surface area (Å²) in [6.45, 7) is 4.62. The number of benzene rings is 1. The fourth-order valence-electron chi connectivity index (χ4n) is 1.51. The number of aromatic carboxylic acids is 1. The second kappa shape index (κ2) is 4.22. The summed E-state index contributed by atoms with van der Waals surface area (Å²) in [6, 6.07) is 2.49. The number of aryl methyl sites for hydroxylation is 1. The van der Waals surface area contributed by atoms with E-state index in [1.54, 1.807) is 20.8 Å². The summed E-state index contributed by atoms with van der Waals surface area (Å²) < 4.78 is 13.7. The Morgan fingerprint density at radius 2 is 2.00 bits per heavy atom. The molecule has 1 aromatic rings. The minimum Gasteiger partial charge on any atom is -0.478 e. The maximum absolute atomic E-state index is 13.7. The normalized spacial score (nSPS) is 11.6. The van der Waals surface area contributed by atoms with Gasteiger partial charge in [-0.05, 0) is 30.2 Å². The number of aliphatic hydroxyl groups excluding tert-OH is 1. The van der Waals surface area contributed by atoms with Crippen LogP contribution in [-0.4, -0.2) is 22.8 Å². The molecule has 2 N–H and O–H groups in total. The number of hydrogen-bond acceptors (Lipinski definition) is 2. The fraction of sp³-hybridized carbons (Fsp3) is 0.417. The lowest BCUT2D eigenvalue weighted by molar-refractivity contribution is 0.0695. The van der Waals surface area contributed by atoms with Crippen molar-refractivity contribution in [2.75, 3.05) is 6.61 Å². The molecule has 1 aromatic carbocycles. The van der Waals surface area contributed by atoms with Crippen molar-refractivity contribution in [1.29, 1.82) is 0 Å². The first-order valence-corrected chi connectivity index (χ1v) is 4.94. The van der Waals surface area contributed by atoms with Crippen LogP contribution in [0.25, 0.3) is 0 Å². The van der Waals surface area contributed by atoms with E-state index in [1.165, 1.54) is 12.1 Å². The molecule has 0 aliphatic carbocycles. The summed E-state index contributed by atoms with van der Waals surface area (Å²) in [5.41, 5.74) is -0.125. The second-order valence-electron chi connectivity index (χ2n) is 4.49. The monoisotopic (exact) mass is 226 g/mol. The van der Waals surface area contributed by atoms with Gasteiger partial charge in [-0.3, -0.25) is 0 Å². The first-order valence-electron chi connectivity index (χ1n) is 4.94. The van der Waals surface area contributed by atoms with Gasteiger partial charge in [0.1, 0.15) is 5.82 Å². The van der Waals surface area contributed by atoms with Gasteiger partial charge in [0.15, 0.2) is 0 Å². The van der Waals surface area contributed by atoms with Gasteiger partial charge in [0, 0.05) is 5.41 Å². The average Bonchev–Trinajstić information content (AvgIpc) is 2.16. The van der Waals surface area contributed by atoms with Gasteiger partial charge in [0.2, 0.25) is 0 Å². The van der Waals surface area contributed by atoms with E-state index in [9.17, 15) is 9.18 Å². The molecule has 3 nitrogen and oxygen atoms in total. The largest absolute Gasteiger partial charge is 0.478 e. The Bertz CT molecular complexity index is 425. The zero-order chi connectivity index (χ0) is 12.5. The van der Waals surface area contributed by atoms with Crippen LogP contribution in [0, 0.1) is 12.7 Å². The predicted octanol–water partition coefficient (Wildman–Crippen LogP) is 2.10. The van der Waals surface area contributed by atoms with Gasteiger partial charge in [-0.2, -0.15) is 0 Å². The zero-order valence-corrected chi connectivity index (χ0v) is 9.54. The Morgan fingerprint density at radius 3 is 2.44 bits per heavy atom. The van der Waals surface area contributed by atoms with Crippen molar-refractivity contribution in [3.63, 3.8) is 0 Å². The number of rotatable bonds is 3. The van der Waals surface area contributed by atoms with E-state index in [1.807, 2.05) is 0 Å². The first kappa shape index (κ1) is 12.6. The summed E-state index contributed by atoms with van der Waals surface area (Å²) >= 11 is 0. The van der Waals surface area contributed by atoms with Gasteiger partial charge in [0.25, 0.3) is 0 Å². The van der Waals surface area contributed by atoms with Crippen LogP contribution in [-0.2, 0) is 5.41 Å². The van der Waals surface area contributed by atoms with Crippen molar-refractivity contribution in [3.05, 3.63) is 34.6 Å². The molecule has 0 bridgehead atoms. The van der Waals surface area contributed by atoms with Crippen LogP contribution in [0.1, 0.15) is 35.3 Å². The zero-order valence-electron chi connectivity index (χ0n) is 9.54. The minimum atomic E-state index is -1.09. The molecule has 16 heavy (non-hydrogen) atoms. The average molecular weight is 226 g/mol. The SMILES string of the molecule is Cc1cc(F)c(C(C)(C)CO)cc1C(=O)O. The summed E-state index contributed by atoms with van der Waals surface area (Å²) in [5, 5.41) is 18.1. The van der Waals surface area contributed by atoms with E-state index in [4.69, 9.17) is 10.2 Å². The van der Waals surface area contributed by atoms with Crippen molar-refractivity contribution < 1.29 is 19.4 Å². The van der Waals surface area contributed by atoms with E-state index in [2.05, 4.69) is 0 Å². The van der Waals surface area contributed by atoms with Crippen LogP contribution in [0.5, 0.6) is 0 Å². The number of carbonyl (C=O) groups is 1. The quantitative estimate of drug-likeness (QED) is 0.829. The molecule has 0 fully saturated rings. The van der Waals surface area contributed by atoms with Crippen molar-refractivity contribution in [1.82, 2.24) is 0 Å². The van der Waals surface area contributed by atoms with Crippen molar-refractivity contribution in [3.8, 4) is 0 Å². The van der Waals surface area contributed by atoms with Crippen LogP contribution < -0.4 is 0 Å². The third-order valence-electron chi connectivity index (χ3n) is 2.67. The highest BCUT2D eigenvalue weighted by Gasteiger charge is 2.25. The van der Waals surface area contributed by atoms with Gasteiger partial charge in [-0.1, -0.05) is 13.8 Å². The van der Waals surface area contributed by atoms with Crippen molar-refractivity contribution in [2.24, 2.45) is 0 Å². The third-order valence-corrected chi connectivity index (χ3v) is 2.67. The summed E-state index contributed by atoms with van der Waals surface area (Å²) in [6.07, 6.45) is 0. The van der Waals surface area contributed by atoms with E-state index >= 15 is 0 Å². The van der Waals surface area contributed by atoms with Gasteiger partial charge in [0.05, 0.1) is 12.2 Å². The Kier molecular flexibility index (Phi) is 3.33. The Balaban J connectivity index is 3.42. The maximum atomic E-state index is 13.7. The molecule has 0 aromatic heterocycles. The molecule has 0 saturated heterocycles. The molecule has 1 rings (SSSR count). The third kappa shape index (κ3) is 2.22. The van der Waals surface area contributed by atoms with Gasteiger partial charge in [-0.25, -0.2) is 9.18 Å². The van der Waals surface area contributed by atoms with Crippen molar-refractivity contribution in [2.45, 2.75) is 26.2 Å². The molecule has 0 aliphatic rings. The molecule has 0 amide bonds. The van der Waals surface area contributed by atoms with Crippen LogP contribution in [0.15, 0.2) is 12.1 Å². The molecule has 4 heteroatoms. The van der Waals surface area contributed by atoms with Crippen LogP contribution >= 0.6 is 0 Å². The number of halogens is 1. The van der Waals surface area contributed by atoms with Gasteiger partial charge < -0.3 is 10.2 Å². The lowest BCUT2D eigenvalue weighted by Gasteiger charge is -2.23. The standard InChI is InChI=1S/C12H15FO3/c1-7-4-10(13)9(12(2,3)6-14)5-8(7)11(15)16/h4-5,14H,6H2,1-3H3,(H,15,16). The number of carboxylic acid groups (broad SMARTS) is 1. The topological polar surface area (TPSA) is 57.5 Å². The van der Waals surface area contributed by atoms with E-state index < -0.39 is 17.2 Å². The Hall–Kier alpha value is -1.42. The van der Waals surface area contributed by atoms with E-state index in [0.29, 0.717) is 5.56 Å².